The van der Waals surface area contributed by atoms with Crippen LogP contribution in [0.3, 0.4) is 0 Å². The van der Waals surface area contributed by atoms with Gasteiger partial charge in [-0.1, -0.05) is 89.1 Å². The number of hydrogen-bond donors (Lipinski definition) is 0. The molecule has 3 nitrogen and oxygen atoms in total. The molecule has 1 aliphatic carbocycles. The quantitative estimate of drug-likeness (QED) is 0.187. The van der Waals surface area contributed by atoms with Crippen LogP contribution in [0.25, 0.3) is 22.0 Å². The number of allylic oxidation sites excluding steroid dienone is 1. The van der Waals surface area contributed by atoms with Crippen LogP contribution in [0.1, 0.15) is 94.5 Å². The van der Waals surface area contributed by atoms with E-state index in [1.165, 1.54) is 44.5 Å². The van der Waals surface area contributed by atoms with E-state index >= 15 is 0 Å². The smallest absolute Gasteiger partial charge is 0.214 e. The third kappa shape index (κ3) is 6.32. The number of fused-ring (bicyclic) bond motifs is 6. The monoisotopic (exact) mass is 572 g/mol. The van der Waals surface area contributed by atoms with Gasteiger partial charge in [-0.2, -0.15) is 0 Å². The van der Waals surface area contributed by atoms with E-state index in [9.17, 15) is 0 Å². The molecule has 5 rings (SSSR count). The second kappa shape index (κ2) is 13.7. The van der Waals surface area contributed by atoms with Gasteiger partial charge in [0.2, 0.25) is 5.88 Å². The van der Waals surface area contributed by atoms with Crippen LogP contribution in [0.4, 0.5) is 0 Å². The van der Waals surface area contributed by atoms with E-state index < -0.39 is 0 Å². The summed E-state index contributed by atoms with van der Waals surface area (Å²) in [5.41, 5.74) is 11.3. The molecule has 0 saturated carbocycles. The van der Waals surface area contributed by atoms with E-state index in [2.05, 4.69) is 114 Å². The number of nitrogens with zero attached hydrogens (tertiary/aromatic N) is 2. The highest BCUT2D eigenvalue weighted by atomic mass is 16.5. The number of rotatable bonds is 9. The van der Waals surface area contributed by atoms with Gasteiger partial charge in [0.15, 0.2) is 0 Å². The van der Waals surface area contributed by atoms with Crippen molar-refractivity contribution in [3.63, 3.8) is 0 Å². The molecule has 3 aromatic carbocycles. The first-order valence-corrected chi connectivity index (χ1v) is 16.3. The largest absolute Gasteiger partial charge is 0.481 e. The van der Waals surface area contributed by atoms with Gasteiger partial charge in [0.05, 0.1) is 12.6 Å². The SMILES string of the molecule is CCCc1ccc2cc1CCCc1cccc(c1)-c1cc(OC)nc3ccc(cc13)C2(CCC)/C(C)=C/N=C\C(C)CC. The lowest BCUT2D eigenvalue weighted by Gasteiger charge is -2.37. The van der Waals surface area contributed by atoms with Crippen LogP contribution in [0, 0.1) is 5.92 Å². The average molecular weight is 573 g/mol. The first-order chi connectivity index (χ1) is 20.9. The second-order valence-corrected chi connectivity index (χ2v) is 12.4. The molecule has 0 spiro atoms. The van der Waals surface area contributed by atoms with Crippen LogP contribution < -0.4 is 4.74 Å². The molecule has 0 aliphatic heterocycles. The first kappa shape index (κ1) is 30.7. The van der Waals surface area contributed by atoms with E-state index in [0.29, 0.717) is 11.8 Å². The summed E-state index contributed by atoms with van der Waals surface area (Å²) in [6, 6.07) is 25.4. The molecule has 2 atom stereocenters. The van der Waals surface area contributed by atoms with Crippen LogP contribution in [0.2, 0.25) is 0 Å². The molecule has 0 N–H and O–H groups in total. The van der Waals surface area contributed by atoms with Gasteiger partial charge >= 0.3 is 0 Å². The molecule has 0 saturated heterocycles. The highest BCUT2D eigenvalue weighted by molar-refractivity contribution is 5.96. The lowest BCUT2D eigenvalue weighted by Crippen LogP contribution is -2.30. The maximum Gasteiger partial charge on any atom is 0.214 e. The summed E-state index contributed by atoms with van der Waals surface area (Å²) in [4.78, 5) is 9.77. The van der Waals surface area contributed by atoms with Crippen molar-refractivity contribution in [2.75, 3.05) is 7.11 Å². The fourth-order valence-electron chi connectivity index (χ4n) is 6.83. The molecular formula is C40H48N2O. The van der Waals surface area contributed by atoms with Crippen molar-refractivity contribution in [1.29, 1.82) is 0 Å². The molecule has 224 valence electrons. The maximum atomic E-state index is 5.68. The minimum atomic E-state index is -0.307. The number of aromatic nitrogens is 1. The van der Waals surface area contributed by atoms with Gasteiger partial charge < -0.3 is 4.74 Å². The van der Waals surface area contributed by atoms with Gasteiger partial charge in [-0.15, -0.1) is 0 Å². The molecule has 0 fully saturated rings. The summed E-state index contributed by atoms with van der Waals surface area (Å²) in [5.74, 6) is 1.10. The molecule has 1 aliphatic rings. The van der Waals surface area contributed by atoms with Crippen LogP contribution >= 0.6 is 0 Å². The number of pyridine rings is 1. The zero-order valence-corrected chi connectivity index (χ0v) is 27.0. The van der Waals surface area contributed by atoms with Crippen molar-refractivity contribution < 1.29 is 4.74 Å². The molecule has 3 heteroatoms. The Balaban J connectivity index is 1.86. The molecule has 1 heterocycles. The number of benzene rings is 3. The Morgan fingerprint density at radius 3 is 2.56 bits per heavy atom. The standard InChI is InChI=1S/C40H48N2O/c1-7-12-31-17-18-34-23-32(31)15-10-13-30-14-11-16-33(22-30)36-25-39(43-6)42-38-20-19-35(24-37(36)38)40(34,21-8-2)29(5)27-41-26-28(4)9-3/h11,14,16-20,22-28H,7-10,12-13,15,21H2,1-6H3/b29-27+,41-26-. The Labute approximate surface area is 259 Å². The molecule has 43 heavy (non-hydrogen) atoms. The highest BCUT2D eigenvalue weighted by Crippen LogP contribution is 2.46. The van der Waals surface area contributed by atoms with Crippen molar-refractivity contribution in [1.82, 2.24) is 4.98 Å². The summed E-state index contributed by atoms with van der Waals surface area (Å²) in [5, 5.41) is 1.16. The fraction of sp³-hybridized carbons (Fsp3) is 0.400. The summed E-state index contributed by atoms with van der Waals surface area (Å²) in [6.07, 6.45) is 12.9. The number of aliphatic imine (C=N–C) groups is 1. The Morgan fingerprint density at radius 1 is 0.977 bits per heavy atom. The van der Waals surface area contributed by atoms with Gasteiger partial charge in [0.1, 0.15) is 0 Å². The van der Waals surface area contributed by atoms with Gasteiger partial charge in [0, 0.05) is 29.3 Å². The van der Waals surface area contributed by atoms with Crippen LogP contribution in [-0.2, 0) is 24.7 Å². The van der Waals surface area contributed by atoms with E-state index in [4.69, 9.17) is 14.7 Å². The van der Waals surface area contributed by atoms with E-state index in [-0.39, 0.29) is 5.41 Å². The first-order valence-electron chi connectivity index (χ1n) is 16.3. The van der Waals surface area contributed by atoms with Crippen molar-refractivity contribution in [2.24, 2.45) is 10.9 Å². The number of hydrogen-bond acceptors (Lipinski definition) is 3. The molecule has 0 radical (unpaired) electrons. The van der Waals surface area contributed by atoms with Crippen molar-refractivity contribution in [2.45, 2.75) is 91.4 Å². The molecule has 0 amide bonds. The lowest BCUT2D eigenvalue weighted by atomic mass is 9.66. The second-order valence-electron chi connectivity index (χ2n) is 12.4. The van der Waals surface area contributed by atoms with Crippen LogP contribution in [0.15, 0.2) is 83.5 Å². The van der Waals surface area contributed by atoms with Crippen LogP contribution in [0.5, 0.6) is 5.88 Å². The fourth-order valence-corrected chi connectivity index (χ4v) is 6.83. The van der Waals surface area contributed by atoms with Gasteiger partial charge in [0.25, 0.3) is 0 Å². The van der Waals surface area contributed by atoms with Gasteiger partial charge in [-0.05, 0) is 108 Å². The molecule has 2 unspecified atom stereocenters. The normalized spacial score (nSPS) is 17.8. The van der Waals surface area contributed by atoms with E-state index in [1.54, 1.807) is 7.11 Å². The van der Waals surface area contributed by atoms with Gasteiger partial charge in [-0.3, -0.25) is 4.99 Å². The predicted molar refractivity (Wildman–Crippen MR) is 184 cm³/mol. The Kier molecular flexibility index (Phi) is 9.80. The summed E-state index contributed by atoms with van der Waals surface area (Å²) in [7, 11) is 1.70. The van der Waals surface area contributed by atoms with Crippen LogP contribution in [-0.4, -0.2) is 18.3 Å². The summed E-state index contributed by atoms with van der Waals surface area (Å²) in [6.45, 7) is 11.3. The number of ether oxygens (including phenoxy) is 1. The average Bonchev–Trinajstić information content (AvgIpc) is 3.03. The predicted octanol–water partition coefficient (Wildman–Crippen LogP) is 10.5. The van der Waals surface area contributed by atoms with Gasteiger partial charge in [-0.25, -0.2) is 4.98 Å². The molecular weight excluding hydrogens is 524 g/mol. The molecule has 6 bridgehead atoms. The third-order valence-corrected chi connectivity index (χ3v) is 9.41. The number of methoxy groups -OCH3 is 1. The topological polar surface area (TPSA) is 34.5 Å². The zero-order chi connectivity index (χ0) is 30.4. The zero-order valence-electron chi connectivity index (χ0n) is 27.0. The minimum Gasteiger partial charge on any atom is -0.481 e. The Morgan fingerprint density at radius 2 is 1.79 bits per heavy atom. The van der Waals surface area contributed by atoms with E-state index in [1.807, 2.05) is 0 Å². The van der Waals surface area contributed by atoms with Crippen molar-refractivity contribution >= 4 is 17.1 Å². The van der Waals surface area contributed by atoms with Crippen molar-refractivity contribution in [3.05, 3.63) is 106 Å². The summed E-state index contributed by atoms with van der Waals surface area (Å²) >= 11 is 0. The summed E-state index contributed by atoms with van der Waals surface area (Å²) < 4.78 is 5.68. The third-order valence-electron chi connectivity index (χ3n) is 9.41. The Bertz CT molecular complexity index is 1630. The minimum absolute atomic E-state index is 0.307. The Hall–Kier alpha value is -3.72. The number of aryl methyl sites for hydroxylation is 3. The lowest BCUT2D eigenvalue weighted by molar-refractivity contribution is 0.400. The van der Waals surface area contributed by atoms with Crippen molar-refractivity contribution in [3.8, 4) is 17.0 Å². The van der Waals surface area contributed by atoms with E-state index in [0.717, 1.165) is 62.3 Å². The maximum absolute atomic E-state index is 5.68. The molecule has 4 aromatic rings. The highest BCUT2D eigenvalue weighted by Gasteiger charge is 2.36. The molecule has 1 aromatic heterocycles.